The van der Waals surface area contributed by atoms with Gasteiger partial charge in [-0.15, -0.1) is 0 Å². The predicted octanol–water partition coefficient (Wildman–Crippen LogP) is 1.81. The van der Waals surface area contributed by atoms with E-state index in [1.54, 1.807) is 0 Å². The zero-order valence-corrected chi connectivity index (χ0v) is 9.92. The first-order chi connectivity index (χ1) is 7.65. The molecule has 0 saturated carbocycles. The number of aliphatic hydroxyl groups is 1. The zero-order chi connectivity index (χ0) is 12.0. The van der Waals surface area contributed by atoms with E-state index in [1.165, 1.54) is 0 Å². The van der Waals surface area contributed by atoms with Gasteiger partial charge < -0.3 is 10.4 Å². The first-order valence-electron chi connectivity index (χ1n) is 5.61. The average molecular weight is 221 g/mol. The number of amides is 1. The maximum Gasteiger partial charge on any atom is 0.251 e. The summed E-state index contributed by atoms with van der Waals surface area (Å²) in [6.07, 6.45) is 1.54. The highest BCUT2D eigenvalue weighted by atomic mass is 16.2. The maximum atomic E-state index is 11.8. The third-order valence-electron chi connectivity index (χ3n) is 2.51. The summed E-state index contributed by atoms with van der Waals surface area (Å²) in [5, 5.41) is 11.5. The van der Waals surface area contributed by atoms with Crippen LogP contribution in [0.5, 0.6) is 0 Å². The van der Waals surface area contributed by atoms with Crippen molar-refractivity contribution in [1.82, 2.24) is 5.32 Å². The molecule has 1 aromatic carbocycles. The van der Waals surface area contributed by atoms with Crippen LogP contribution in [0.1, 0.15) is 34.3 Å². The number of rotatable bonds is 5. The van der Waals surface area contributed by atoms with Crippen LogP contribution in [0.4, 0.5) is 0 Å². The Labute approximate surface area is 96.5 Å². The molecule has 1 aromatic rings. The van der Waals surface area contributed by atoms with Crippen molar-refractivity contribution in [3.63, 3.8) is 0 Å². The normalized spacial score (nSPS) is 10.2. The van der Waals surface area contributed by atoms with Gasteiger partial charge >= 0.3 is 0 Å². The Morgan fingerprint density at radius 3 is 2.75 bits per heavy atom. The molecule has 0 fully saturated rings. The lowest BCUT2D eigenvalue weighted by Crippen LogP contribution is -2.25. The molecular weight excluding hydrogens is 202 g/mol. The van der Waals surface area contributed by atoms with Gasteiger partial charge in [0.05, 0.1) is 0 Å². The highest BCUT2D eigenvalue weighted by Crippen LogP contribution is 2.10. The summed E-state index contributed by atoms with van der Waals surface area (Å²) in [4.78, 5) is 11.8. The monoisotopic (exact) mass is 221 g/mol. The van der Waals surface area contributed by atoms with E-state index in [0.717, 1.165) is 29.5 Å². The minimum absolute atomic E-state index is 0.0286. The van der Waals surface area contributed by atoms with E-state index in [0.29, 0.717) is 6.54 Å². The molecule has 88 valence electrons. The predicted molar refractivity (Wildman–Crippen MR) is 64.6 cm³/mol. The molecule has 0 aliphatic carbocycles. The second kappa shape index (κ2) is 6.28. The number of hydrogen-bond donors (Lipinski definition) is 2. The Morgan fingerprint density at radius 2 is 2.06 bits per heavy atom. The van der Waals surface area contributed by atoms with Gasteiger partial charge in [0.2, 0.25) is 0 Å². The fraction of sp³-hybridized carbons (Fsp3) is 0.462. The summed E-state index contributed by atoms with van der Waals surface area (Å²) >= 11 is 0. The van der Waals surface area contributed by atoms with Crippen LogP contribution in [0, 0.1) is 13.8 Å². The number of benzene rings is 1. The van der Waals surface area contributed by atoms with Gasteiger partial charge in [0.1, 0.15) is 0 Å². The third-order valence-corrected chi connectivity index (χ3v) is 2.51. The first-order valence-corrected chi connectivity index (χ1v) is 5.61. The second-order valence-electron chi connectivity index (χ2n) is 4.00. The SMILES string of the molecule is Cc1ccc(C)c(C(=O)NCCCCO)c1. The van der Waals surface area contributed by atoms with Gasteiger partial charge in [-0.1, -0.05) is 17.7 Å². The minimum atomic E-state index is -0.0286. The number of carbonyl (C=O) groups excluding carboxylic acids is 1. The average Bonchev–Trinajstić information content (AvgIpc) is 2.27. The third kappa shape index (κ3) is 3.66. The fourth-order valence-electron chi connectivity index (χ4n) is 1.51. The van der Waals surface area contributed by atoms with Crippen molar-refractivity contribution in [2.45, 2.75) is 26.7 Å². The molecule has 3 nitrogen and oxygen atoms in total. The summed E-state index contributed by atoms with van der Waals surface area (Å²) in [7, 11) is 0. The van der Waals surface area contributed by atoms with Crippen molar-refractivity contribution >= 4 is 5.91 Å². The van der Waals surface area contributed by atoms with Crippen LogP contribution in [0.3, 0.4) is 0 Å². The van der Waals surface area contributed by atoms with Crippen LogP contribution in [0.2, 0.25) is 0 Å². The van der Waals surface area contributed by atoms with Crippen LogP contribution in [-0.4, -0.2) is 24.2 Å². The summed E-state index contributed by atoms with van der Waals surface area (Å²) in [5.41, 5.74) is 2.82. The van der Waals surface area contributed by atoms with Crippen molar-refractivity contribution in [2.75, 3.05) is 13.2 Å². The van der Waals surface area contributed by atoms with Gasteiger partial charge in [-0.05, 0) is 38.3 Å². The second-order valence-corrected chi connectivity index (χ2v) is 4.00. The van der Waals surface area contributed by atoms with Crippen LogP contribution >= 0.6 is 0 Å². The molecule has 0 atom stereocenters. The largest absolute Gasteiger partial charge is 0.396 e. The number of aryl methyl sites for hydroxylation is 2. The lowest BCUT2D eigenvalue weighted by Gasteiger charge is -2.08. The van der Waals surface area contributed by atoms with Gasteiger partial charge in [0.25, 0.3) is 5.91 Å². The number of aliphatic hydroxyl groups excluding tert-OH is 1. The first kappa shape index (κ1) is 12.7. The molecule has 3 heteroatoms. The summed E-state index contributed by atoms with van der Waals surface area (Å²) in [6.45, 7) is 4.70. The van der Waals surface area contributed by atoms with Crippen LogP contribution in [0.15, 0.2) is 18.2 Å². The van der Waals surface area contributed by atoms with E-state index in [9.17, 15) is 4.79 Å². The molecule has 1 amide bonds. The minimum Gasteiger partial charge on any atom is -0.396 e. The zero-order valence-electron chi connectivity index (χ0n) is 9.92. The van der Waals surface area contributed by atoms with Gasteiger partial charge in [0.15, 0.2) is 0 Å². The van der Waals surface area contributed by atoms with E-state index in [1.807, 2.05) is 32.0 Å². The molecule has 1 rings (SSSR count). The molecule has 0 aromatic heterocycles. The van der Waals surface area contributed by atoms with E-state index in [2.05, 4.69) is 5.32 Å². The Morgan fingerprint density at radius 1 is 1.31 bits per heavy atom. The van der Waals surface area contributed by atoms with Gasteiger partial charge in [-0.25, -0.2) is 0 Å². The van der Waals surface area contributed by atoms with Crippen molar-refractivity contribution in [1.29, 1.82) is 0 Å². The Kier molecular flexibility index (Phi) is 4.99. The molecule has 0 bridgehead atoms. The Hall–Kier alpha value is -1.35. The molecular formula is C13H19NO2. The van der Waals surface area contributed by atoms with Gasteiger partial charge in [-0.2, -0.15) is 0 Å². The van der Waals surface area contributed by atoms with Crippen molar-refractivity contribution in [3.05, 3.63) is 34.9 Å². The molecule has 0 heterocycles. The van der Waals surface area contributed by atoms with E-state index >= 15 is 0 Å². The number of hydrogen-bond acceptors (Lipinski definition) is 2. The summed E-state index contributed by atoms with van der Waals surface area (Å²) < 4.78 is 0. The highest BCUT2D eigenvalue weighted by Gasteiger charge is 2.07. The molecule has 0 radical (unpaired) electrons. The van der Waals surface area contributed by atoms with Crippen molar-refractivity contribution in [3.8, 4) is 0 Å². The quantitative estimate of drug-likeness (QED) is 0.745. The van der Waals surface area contributed by atoms with Gasteiger partial charge in [0, 0.05) is 18.7 Å². The Bertz CT molecular complexity index is 361. The summed E-state index contributed by atoms with van der Waals surface area (Å²) in [5.74, 6) is -0.0286. The number of carbonyl (C=O) groups is 1. The maximum absolute atomic E-state index is 11.8. The lowest BCUT2D eigenvalue weighted by molar-refractivity contribution is 0.0951. The smallest absolute Gasteiger partial charge is 0.251 e. The standard InChI is InChI=1S/C13H19NO2/c1-10-5-6-11(2)12(9-10)13(16)14-7-3-4-8-15/h5-6,9,15H,3-4,7-8H2,1-2H3,(H,14,16). The van der Waals surface area contributed by atoms with E-state index in [-0.39, 0.29) is 12.5 Å². The topological polar surface area (TPSA) is 49.3 Å². The van der Waals surface area contributed by atoms with Crippen LogP contribution in [-0.2, 0) is 0 Å². The van der Waals surface area contributed by atoms with Crippen LogP contribution < -0.4 is 5.32 Å². The molecule has 0 spiro atoms. The van der Waals surface area contributed by atoms with E-state index < -0.39 is 0 Å². The Balaban J connectivity index is 2.55. The highest BCUT2D eigenvalue weighted by molar-refractivity contribution is 5.95. The summed E-state index contributed by atoms with van der Waals surface area (Å²) in [6, 6.07) is 5.85. The van der Waals surface area contributed by atoms with Gasteiger partial charge in [-0.3, -0.25) is 4.79 Å². The van der Waals surface area contributed by atoms with Crippen molar-refractivity contribution < 1.29 is 9.90 Å². The molecule has 0 aliphatic rings. The lowest BCUT2D eigenvalue weighted by atomic mass is 10.1. The fourth-order valence-corrected chi connectivity index (χ4v) is 1.51. The van der Waals surface area contributed by atoms with Crippen LogP contribution in [0.25, 0.3) is 0 Å². The molecule has 2 N–H and O–H groups in total. The molecule has 0 saturated heterocycles. The van der Waals surface area contributed by atoms with Crippen molar-refractivity contribution in [2.24, 2.45) is 0 Å². The molecule has 16 heavy (non-hydrogen) atoms. The number of unbranched alkanes of at least 4 members (excludes halogenated alkanes) is 1. The molecule has 0 unspecified atom stereocenters. The molecule has 0 aliphatic heterocycles. The number of nitrogens with one attached hydrogen (secondary N) is 1. The van der Waals surface area contributed by atoms with E-state index in [4.69, 9.17) is 5.11 Å².